The number of allylic oxidation sites excluding steroid dienone is 1. The van der Waals surface area contributed by atoms with Gasteiger partial charge in [-0.05, 0) is 41.8 Å². The third-order valence-electron chi connectivity index (χ3n) is 4.19. The van der Waals surface area contributed by atoms with Crippen LogP contribution >= 0.6 is 0 Å². The summed E-state index contributed by atoms with van der Waals surface area (Å²) in [5.74, 6) is 0.682. The summed E-state index contributed by atoms with van der Waals surface area (Å²) < 4.78 is 0. The molecule has 0 fully saturated rings. The quantitative estimate of drug-likeness (QED) is 0.914. The summed E-state index contributed by atoms with van der Waals surface area (Å²) in [5, 5.41) is 9.65. The number of benzene rings is 1. The van der Waals surface area contributed by atoms with Gasteiger partial charge in [0.25, 0.3) is 0 Å². The van der Waals surface area contributed by atoms with E-state index in [0.29, 0.717) is 11.7 Å². The average Bonchev–Trinajstić information content (AvgIpc) is 2.43. The zero-order valence-electron chi connectivity index (χ0n) is 12.8. The fourth-order valence-electron chi connectivity index (χ4n) is 2.95. The minimum absolute atomic E-state index is 0.238. The van der Waals surface area contributed by atoms with Gasteiger partial charge in [0.15, 0.2) is 0 Å². The first kappa shape index (κ1) is 14.5. The van der Waals surface area contributed by atoms with Crippen molar-refractivity contribution in [3.05, 3.63) is 48.2 Å². The highest BCUT2D eigenvalue weighted by atomic mass is 16.3. The predicted octanol–water partition coefficient (Wildman–Crippen LogP) is 3.37. The van der Waals surface area contributed by atoms with Crippen molar-refractivity contribution in [2.45, 2.75) is 26.4 Å². The minimum atomic E-state index is 0.238. The van der Waals surface area contributed by atoms with Gasteiger partial charge in [0.05, 0.1) is 0 Å². The molecule has 2 rings (SSSR count). The van der Waals surface area contributed by atoms with Gasteiger partial charge in [0.2, 0.25) is 0 Å². The van der Waals surface area contributed by atoms with Crippen LogP contribution in [0.5, 0.6) is 5.75 Å². The lowest BCUT2D eigenvalue weighted by molar-refractivity contribution is 0.257. The largest absolute Gasteiger partial charge is 0.508 e. The maximum Gasteiger partial charge on any atom is 0.116 e. The van der Waals surface area contributed by atoms with E-state index in [2.05, 4.69) is 56.6 Å². The molecule has 0 aromatic heterocycles. The fraction of sp³-hybridized carbons (Fsp3) is 0.412. The lowest BCUT2D eigenvalue weighted by atomic mass is 9.94. The monoisotopic (exact) mass is 272 g/mol. The summed E-state index contributed by atoms with van der Waals surface area (Å²) in [7, 11) is 4.20. The van der Waals surface area contributed by atoms with Crippen LogP contribution in [0.15, 0.2) is 42.6 Å². The van der Waals surface area contributed by atoms with Gasteiger partial charge in [-0.15, -0.1) is 0 Å². The zero-order valence-corrected chi connectivity index (χ0v) is 12.8. The van der Waals surface area contributed by atoms with Crippen molar-refractivity contribution in [2.75, 3.05) is 19.0 Å². The molecule has 0 radical (unpaired) electrons. The zero-order chi connectivity index (χ0) is 14.9. The Balaban J connectivity index is 2.38. The smallest absolute Gasteiger partial charge is 0.116 e. The highest BCUT2D eigenvalue weighted by Gasteiger charge is 2.29. The van der Waals surface area contributed by atoms with E-state index in [1.54, 1.807) is 6.07 Å². The standard InChI is InChI=1S/C17H24N2O/c1-6-14-11-15(20)7-8-16(14)19(5)17-13(3)12(2)9-10-18(17)4/h7-11,13,17,20H,2,6H2,1,3-5H3. The van der Waals surface area contributed by atoms with Gasteiger partial charge in [-0.2, -0.15) is 0 Å². The van der Waals surface area contributed by atoms with E-state index in [-0.39, 0.29) is 6.17 Å². The Bertz CT molecular complexity index is 536. The number of hydrogen-bond donors (Lipinski definition) is 1. The molecule has 1 aliphatic heterocycles. The predicted molar refractivity (Wildman–Crippen MR) is 84.9 cm³/mol. The molecule has 3 heteroatoms. The Labute approximate surface area is 121 Å². The van der Waals surface area contributed by atoms with Crippen molar-refractivity contribution < 1.29 is 5.11 Å². The second-order valence-corrected chi connectivity index (χ2v) is 5.54. The topological polar surface area (TPSA) is 26.7 Å². The molecule has 20 heavy (non-hydrogen) atoms. The van der Waals surface area contributed by atoms with E-state index in [1.807, 2.05) is 12.1 Å². The molecule has 1 heterocycles. The number of hydrogen-bond acceptors (Lipinski definition) is 3. The number of aromatic hydroxyl groups is 1. The molecule has 3 nitrogen and oxygen atoms in total. The van der Waals surface area contributed by atoms with E-state index >= 15 is 0 Å². The average molecular weight is 272 g/mol. The second-order valence-electron chi connectivity index (χ2n) is 5.54. The number of phenols is 1. The molecular formula is C17H24N2O. The lowest BCUT2D eigenvalue weighted by Crippen LogP contribution is -2.49. The van der Waals surface area contributed by atoms with Gasteiger partial charge in [-0.1, -0.05) is 20.4 Å². The molecule has 0 bridgehead atoms. The van der Waals surface area contributed by atoms with Gasteiger partial charge in [-0.25, -0.2) is 0 Å². The van der Waals surface area contributed by atoms with Crippen LogP contribution in [-0.2, 0) is 6.42 Å². The Kier molecular flexibility index (Phi) is 4.07. The van der Waals surface area contributed by atoms with Crippen molar-refractivity contribution >= 4 is 5.69 Å². The highest BCUT2D eigenvalue weighted by molar-refractivity contribution is 5.57. The van der Waals surface area contributed by atoms with Crippen LogP contribution in [0.25, 0.3) is 0 Å². The molecule has 1 aromatic rings. The summed E-state index contributed by atoms with van der Waals surface area (Å²) in [4.78, 5) is 4.49. The third kappa shape index (κ3) is 2.53. The molecule has 0 saturated heterocycles. The van der Waals surface area contributed by atoms with Crippen molar-refractivity contribution in [3.8, 4) is 5.75 Å². The van der Waals surface area contributed by atoms with Gasteiger partial charge in [0, 0.05) is 31.9 Å². The number of anilines is 1. The van der Waals surface area contributed by atoms with Crippen LogP contribution in [-0.4, -0.2) is 30.3 Å². The molecule has 0 spiro atoms. The Morgan fingerprint density at radius 1 is 1.40 bits per heavy atom. The maximum atomic E-state index is 9.65. The van der Waals surface area contributed by atoms with Crippen LogP contribution in [0.4, 0.5) is 5.69 Å². The van der Waals surface area contributed by atoms with Crippen LogP contribution in [0.3, 0.4) is 0 Å². The summed E-state index contributed by atoms with van der Waals surface area (Å²) in [5.41, 5.74) is 3.47. The van der Waals surface area contributed by atoms with Crippen LogP contribution in [0.1, 0.15) is 19.4 Å². The SMILES string of the molecule is C=C1C=CN(C)C(N(C)c2ccc(O)cc2CC)C1C. The third-order valence-corrected chi connectivity index (χ3v) is 4.19. The van der Waals surface area contributed by atoms with Crippen LogP contribution in [0, 0.1) is 5.92 Å². The van der Waals surface area contributed by atoms with Crippen LogP contribution in [0.2, 0.25) is 0 Å². The van der Waals surface area contributed by atoms with Gasteiger partial charge in [-0.3, -0.25) is 0 Å². The van der Waals surface area contributed by atoms with Crippen molar-refractivity contribution in [2.24, 2.45) is 5.92 Å². The first-order valence-electron chi connectivity index (χ1n) is 7.09. The normalized spacial score (nSPS) is 22.2. The van der Waals surface area contributed by atoms with Crippen molar-refractivity contribution in [1.82, 2.24) is 4.90 Å². The number of rotatable bonds is 3. The van der Waals surface area contributed by atoms with Crippen LogP contribution < -0.4 is 4.90 Å². The first-order chi connectivity index (χ1) is 9.45. The van der Waals surface area contributed by atoms with E-state index in [1.165, 1.54) is 0 Å². The molecule has 0 amide bonds. The summed E-state index contributed by atoms with van der Waals surface area (Å²) in [6.45, 7) is 8.45. The van der Waals surface area contributed by atoms with Crippen molar-refractivity contribution in [1.29, 1.82) is 0 Å². The van der Waals surface area contributed by atoms with E-state index in [9.17, 15) is 5.11 Å². The molecule has 2 atom stereocenters. The summed E-state index contributed by atoms with van der Waals surface area (Å²) in [6.07, 6.45) is 5.29. The fourth-order valence-corrected chi connectivity index (χ4v) is 2.95. The van der Waals surface area contributed by atoms with E-state index < -0.39 is 0 Å². The molecule has 1 aliphatic rings. The Hall–Kier alpha value is -1.90. The first-order valence-corrected chi connectivity index (χ1v) is 7.09. The second kappa shape index (κ2) is 5.61. The van der Waals surface area contributed by atoms with E-state index in [4.69, 9.17) is 0 Å². The molecular weight excluding hydrogens is 248 g/mol. The lowest BCUT2D eigenvalue weighted by Gasteiger charge is -2.43. The van der Waals surface area contributed by atoms with Gasteiger partial charge in [0.1, 0.15) is 11.9 Å². The van der Waals surface area contributed by atoms with Gasteiger partial charge >= 0.3 is 0 Å². The van der Waals surface area contributed by atoms with Crippen molar-refractivity contribution in [3.63, 3.8) is 0 Å². The molecule has 0 aliphatic carbocycles. The maximum absolute atomic E-state index is 9.65. The number of nitrogens with zero attached hydrogens (tertiary/aromatic N) is 2. The molecule has 1 N–H and O–H groups in total. The summed E-state index contributed by atoms with van der Waals surface area (Å²) >= 11 is 0. The highest BCUT2D eigenvalue weighted by Crippen LogP contribution is 2.32. The number of phenolic OH excluding ortho intramolecular Hbond substituents is 1. The van der Waals surface area contributed by atoms with Gasteiger partial charge < -0.3 is 14.9 Å². The molecule has 2 unspecified atom stereocenters. The Morgan fingerprint density at radius 3 is 2.75 bits per heavy atom. The summed E-state index contributed by atoms with van der Waals surface area (Å²) in [6, 6.07) is 5.60. The molecule has 1 aromatic carbocycles. The number of aryl methyl sites for hydroxylation is 1. The minimum Gasteiger partial charge on any atom is -0.508 e. The molecule has 0 saturated carbocycles. The Morgan fingerprint density at radius 2 is 2.10 bits per heavy atom. The molecule has 108 valence electrons. The van der Waals surface area contributed by atoms with E-state index in [0.717, 1.165) is 23.2 Å².